The first-order valence-electron chi connectivity index (χ1n) is 8.89. The molecule has 1 unspecified atom stereocenters. The van der Waals surface area contributed by atoms with E-state index in [4.69, 9.17) is 0 Å². The lowest BCUT2D eigenvalue weighted by Gasteiger charge is -2.29. The van der Waals surface area contributed by atoms with E-state index >= 15 is 0 Å². The molecule has 3 rings (SSSR count). The van der Waals surface area contributed by atoms with Crippen LogP contribution in [0.1, 0.15) is 40.6 Å². The van der Waals surface area contributed by atoms with Crippen LogP contribution in [0.25, 0.3) is 0 Å². The van der Waals surface area contributed by atoms with Crippen LogP contribution in [0.15, 0.2) is 58.0 Å². The fourth-order valence-corrected chi connectivity index (χ4v) is 5.48. The van der Waals surface area contributed by atoms with E-state index in [9.17, 15) is 14.9 Å². The number of ketones is 2. The molecule has 1 aliphatic heterocycles. The molecule has 1 aromatic heterocycles. The quantitative estimate of drug-likeness (QED) is 0.640. The Balaban J connectivity index is 1.94. The van der Waals surface area contributed by atoms with Crippen molar-refractivity contribution >= 4 is 39.7 Å². The zero-order chi connectivity index (χ0) is 20.3. The summed E-state index contributed by atoms with van der Waals surface area (Å²) in [7, 11) is 0. The summed E-state index contributed by atoms with van der Waals surface area (Å²) in [6.45, 7) is 5.32. The number of hydrogen-bond acceptors (Lipinski definition) is 6. The number of rotatable bonds is 5. The molecule has 0 radical (unpaired) electrons. The molecule has 1 aliphatic rings. The Morgan fingerprint density at radius 3 is 2.50 bits per heavy atom. The molecule has 0 saturated heterocycles. The number of carbonyl (C=O) groups excluding carboxylic acids is 2. The molecule has 142 valence electrons. The average molecular weight is 409 g/mol. The van der Waals surface area contributed by atoms with Crippen molar-refractivity contribution in [2.24, 2.45) is 10.9 Å². The van der Waals surface area contributed by atoms with Gasteiger partial charge in [-0.1, -0.05) is 30.3 Å². The van der Waals surface area contributed by atoms with E-state index in [-0.39, 0.29) is 23.2 Å². The third kappa shape index (κ3) is 4.01. The van der Waals surface area contributed by atoms with E-state index < -0.39 is 5.92 Å². The number of Topliss-reactive ketones (excluding diaryl/α,β-unsaturated/α-hetero) is 2. The highest BCUT2D eigenvalue weighted by Gasteiger charge is 2.39. The minimum absolute atomic E-state index is 0.00663. The van der Waals surface area contributed by atoms with Crippen molar-refractivity contribution in [1.29, 1.82) is 5.26 Å². The molecule has 0 N–H and O–H groups in total. The molecule has 0 fully saturated rings. The Bertz CT molecular complexity index is 1010. The Morgan fingerprint density at radius 1 is 1.21 bits per heavy atom. The van der Waals surface area contributed by atoms with Gasteiger partial charge in [-0.15, -0.1) is 23.1 Å². The van der Waals surface area contributed by atoms with E-state index in [1.807, 2.05) is 36.6 Å². The van der Waals surface area contributed by atoms with Crippen LogP contribution in [-0.4, -0.2) is 22.4 Å². The highest BCUT2D eigenvalue weighted by Crippen LogP contribution is 2.44. The Hall–Kier alpha value is -2.49. The van der Waals surface area contributed by atoms with Gasteiger partial charge in [0.15, 0.2) is 11.6 Å². The summed E-state index contributed by atoms with van der Waals surface area (Å²) >= 11 is 2.85. The molecule has 0 spiro atoms. The number of allylic oxidation sites excluding steroid dienone is 2. The molecule has 2 aromatic rings. The van der Waals surface area contributed by atoms with Gasteiger partial charge in [0.25, 0.3) is 0 Å². The fraction of sp³-hybridized carbons (Fsp3) is 0.273. The van der Waals surface area contributed by atoms with Crippen LogP contribution < -0.4 is 0 Å². The number of nitrogens with zero attached hydrogens (tertiary/aromatic N) is 2. The maximum Gasteiger partial charge on any atom is 0.173 e. The zero-order valence-corrected chi connectivity index (χ0v) is 17.6. The van der Waals surface area contributed by atoms with Crippen molar-refractivity contribution in [3.63, 3.8) is 0 Å². The molecule has 0 bridgehead atoms. The zero-order valence-electron chi connectivity index (χ0n) is 15.9. The second kappa shape index (κ2) is 8.68. The predicted molar refractivity (Wildman–Crippen MR) is 115 cm³/mol. The molecular formula is C22H20N2O2S2. The monoisotopic (exact) mass is 408 g/mol. The summed E-state index contributed by atoms with van der Waals surface area (Å²) < 4.78 is 0. The topological polar surface area (TPSA) is 70.3 Å². The molecule has 4 nitrogen and oxygen atoms in total. The third-order valence-electron chi connectivity index (χ3n) is 4.73. The van der Waals surface area contributed by atoms with E-state index in [2.05, 4.69) is 11.1 Å². The minimum Gasteiger partial charge on any atom is -0.295 e. The lowest BCUT2D eigenvalue weighted by molar-refractivity contribution is -0.114. The highest BCUT2D eigenvalue weighted by atomic mass is 32.2. The predicted octanol–water partition coefficient (Wildman–Crippen LogP) is 5.17. The maximum absolute atomic E-state index is 12.5. The van der Waals surface area contributed by atoms with Gasteiger partial charge in [-0.3, -0.25) is 9.59 Å². The average Bonchev–Trinajstić information content (AvgIpc) is 3.11. The SMILES string of the molecule is CC(=O)C1=C(C)N=C(SCC(=O)c2ccccc2)C(C#N)[C@H]1c1sccc1C. The van der Waals surface area contributed by atoms with Gasteiger partial charge in [-0.25, -0.2) is 4.99 Å². The summed E-state index contributed by atoms with van der Waals surface area (Å²) in [5, 5.41) is 12.5. The number of benzene rings is 1. The van der Waals surface area contributed by atoms with Crippen molar-refractivity contribution < 1.29 is 9.59 Å². The number of aliphatic imine (C=N–C) groups is 1. The molecule has 0 aliphatic carbocycles. The van der Waals surface area contributed by atoms with Crippen LogP contribution in [0.5, 0.6) is 0 Å². The van der Waals surface area contributed by atoms with E-state index in [1.165, 1.54) is 18.7 Å². The smallest absolute Gasteiger partial charge is 0.173 e. The van der Waals surface area contributed by atoms with E-state index in [0.29, 0.717) is 21.9 Å². The Morgan fingerprint density at radius 2 is 1.93 bits per heavy atom. The largest absolute Gasteiger partial charge is 0.295 e. The van der Waals surface area contributed by atoms with Gasteiger partial charge in [-0.2, -0.15) is 5.26 Å². The molecule has 1 aromatic carbocycles. The lowest BCUT2D eigenvalue weighted by atomic mass is 9.80. The van der Waals surface area contributed by atoms with Crippen LogP contribution in [0.4, 0.5) is 0 Å². The normalized spacial score (nSPS) is 19.1. The number of carbonyl (C=O) groups is 2. The Kier molecular flexibility index (Phi) is 6.28. The molecular weight excluding hydrogens is 388 g/mol. The van der Waals surface area contributed by atoms with Gasteiger partial charge in [0.1, 0.15) is 5.92 Å². The summed E-state index contributed by atoms with van der Waals surface area (Å²) in [5.41, 5.74) is 2.93. The number of nitriles is 1. The van der Waals surface area contributed by atoms with Crippen LogP contribution >= 0.6 is 23.1 Å². The molecule has 6 heteroatoms. The summed E-state index contributed by atoms with van der Waals surface area (Å²) in [5.74, 6) is -0.778. The van der Waals surface area contributed by atoms with Gasteiger partial charge in [0.2, 0.25) is 0 Å². The van der Waals surface area contributed by atoms with Crippen LogP contribution in [0.2, 0.25) is 0 Å². The maximum atomic E-state index is 12.5. The number of aryl methyl sites for hydroxylation is 1. The van der Waals surface area contributed by atoms with Crippen molar-refractivity contribution in [1.82, 2.24) is 0 Å². The Labute approximate surface area is 173 Å². The van der Waals surface area contributed by atoms with Gasteiger partial charge in [-0.05, 0) is 37.8 Å². The van der Waals surface area contributed by atoms with Gasteiger partial charge in [0.05, 0.1) is 16.9 Å². The highest BCUT2D eigenvalue weighted by molar-refractivity contribution is 8.14. The van der Waals surface area contributed by atoms with Gasteiger partial charge < -0.3 is 0 Å². The first-order chi connectivity index (χ1) is 13.4. The first kappa shape index (κ1) is 20.2. The number of hydrogen-bond donors (Lipinski definition) is 0. The van der Waals surface area contributed by atoms with Crippen LogP contribution in [0.3, 0.4) is 0 Å². The minimum atomic E-state index is -0.575. The first-order valence-corrected chi connectivity index (χ1v) is 10.8. The molecule has 2 atom stereocenters. The van der Waals surface area contributed by atoms with E-state index in [0.717, 1.165) is 10.4 Å². The van der Waals surface area contributed by atoms with Crippen molar-refractivity contribution in [2.45, 2.75) is 26.7 Å². The molecule has 28 heavy (non-hydrogen) atoms. The van der Waals surface area contributed by atoms with Crippen LogP contribution in [-0.2, 0) is 4.79 Å². The summed E-state index contributed by atoms with van der Waals surface area (Å²) in [4.78, 5) is 30.4. The summed E-state index contributed by atoms with van der Waals surface area (Å²) in [6, 6.07) is 13.4. The van der Waals surface area contributed by atoms with Gasteiger partial charge in [0, 0.05) is 27.6 Å². The van der Waals surface area contributed by atoms with Crippen molar-refractivity contribution in [3.8, 4) is 6.07 Å². The number of thiophene rings is 1. The fourth-order valence-electron chi connectivity index (χ4n) is 3.39. The molecule has 0 saturated carbocycles. The third-order valence-corrected chi connectivity index (χ3v) is 6.88. The second-order valence-corrected chi connectivity index (χ2v) is 8.58. The lowest BCUT2D eigenvalue weighted by Crippen LogP contribution is -2.28. The molecule has 0 amide bonds. The number of thioether (sulfide) groups is 1. The van der Waals surface area contributed by atoms with Gasteiger partial charge >= 0.3 is 0 Å². The van der Waals surface area contributed by atoms with Crippen molar-refractivity contribution in [3.05, 3.63) is 69.1 Å². The van der Waals surface area contributed by atoms with Crippen molar-refractivity contribution in [2.75, 3.05) is 5.75 Å². The van der Waals surface area contributed by atoms with E-state index in [1.54, 1.807) is 30.4 Å². The molecule has 2 heterocycles. The summed E-state index contributed by atoms with van der Waals surface area (Å²) in [6.07, 6.45) is 0. The van der Waals surface area contributed by atoms with Crippen LogP contribution in [0, 0.1) is 24.2 Å². The standard InChI is InChI=1S/C22H20N2O2S2/c1-13-9-10-27-21(13)20-17(11-23)22(24-14(2)19(20)15(3)25)28-12-18(26)16-7-5-4-6-8-16/h4-10,17,20H,12H2,1-3H3/t17?,20-/m1/s1. The second-order valence-electron chi connectivity index (χ2n) is 6.64.